The molecule has 1 aliphatic carbocycles. The molecule has 1 aliphatic rings. The van der Waals surface area contributed by atoms with Crippen LogP contribution >= 0.6 is 0 Å². The number of amides is 1. The molecule has 0 spiro atoms. The van der Waals surface area contributed by atoms with Crippen molar-refractivity contribution in [2.75, 3.05) is 0 Å². The lowest BCUT2D eigenvalue weighted by atomic mass is 9.80. The molecule has 114 valence electrons. The monoisotopic (exact) mass is 289 g/mol. The minimum absolute atomic E-state index is 0.0854. The number of hydrogen-bond acceptors (Lipinski definition) is 3. The highest BCUT2D eigenvalue weighted by Crippen LogP contribution is 2.28. The van der Waals surface area contributed by atoms with Crippen LogP contribution in [0.2, 0.25) is 0 Å². The van der Waals surface area contributed by atoms with Gasteiger partial charge >= 0.3 is 0 Å². The fraction of sp³-hybridized carbons (Fsp3) is 0.500. The molecule has 1 aromatic carbocycles. The van der Waals surface area contributed by atoms with Gasteiger partial charge in [-0.2, -0.15) is 0 Å². The largest absolute Gasteiger partial charge is 0.409 e. The Bertz CT molecular complexity index is 534. The Morgan fingerprint density at radius 2 is 2.00 bits per heavy atom. The number of benzene rings is 1. The van der Waals surface area contributed by atoms with Gasteiger partial charge in [0.1, 0.15) is 5.54 Å². The summed E-state index contributed by atoms with van der Waals surface area (Å²) >= 11 is 0. The quantitative estimate of drug-likeness (QED) is 0.343. The van der Waals surface area contributed by atoms with E-state index < -0.39 is 5.54 Å². The first-order valence-corrected chi connectivity index (χ1v) is 7.41. The van der Waals surface area contributed by atoms with Crippen LogP contribution in [-0.2, 0) is 11.2 Å². The first kappa shape index (κ1) is 15.4. The fourth-order valence-electron chi connectivity index (χ4n) is 2.99. The number of aryl methyl sites for hydroxylation is 1. The zero-order valence-corrected chi connectivity index (χ0v) is 12.4. The van der Waals surface area contributed by atoms with Crippen LogP contribution in [0.25, 0.3) is 0 Å². The molecule has 21 heavy (non-hydrogen) atoms. The molecule has 5 nitrogen and oxygen atoms in total. The summed E-state index contributed by atoms with van der Waals surface area (Å²) < 4.78 is 0. The van der Waals surface area contributed by atoms with Crippen molar-refractivity contribution < 1.29 is 10.0 Å². The van der Waals surface area contributed by atoms with E-state index in [0.717, 1.165) is 43.2 Å². The first-order chi connectivity index (χ1) is 10.1. The van der Waals surface area contributed by atoms with E-state index in [1.54, 1.807) is 0 Å². The number of oxime groups is 1. The average molecular weight is 289 g/mol. The van der Waals surface area contributed by atoms with Crippen LogP contribution in [-0.4, -0.2) is 22.5 Å². The van der Waals surface area contributed by atoms with Crippen molar-refractivity contribution in [3.8, 4) is 0 Å². The second-order valence-electron chi connectivity index (χ2n) is 5.78. The van der Waals surface area contributed by atoms with Crippen LogP contribution in [0.4, 0.5) is 0 Å². The van der Waals surface area contributed by atoms with E-state index in [-0.39, 0.29) is 11.7 Å². The Kier molecular flexibility index (Phi) is 4.83. The van der Waals surface area contributed by atoms with Gasteiger partial charge in [-0.25, -0.2) is 0 Å². The maximum atomic E-state index is 12.4. The number of amidine groups is 1. The van der Waals surface area contributed by atoms with Gasteiger partial charge in [-0.05, 0) is 30.9 Å². The molecular weight excluding hydrogens is 266 g/mol. The number of nitrogens with zero attached hydrogens (tertiary/aromatic N) is 1. The Morgan fingerprint density at radius 1 is 1.33 bits per heavy atom. The molecule has 0 aliphatic heterocycles. The van der Waals surface area contributed by atoms with Crippen LogP contribution in [0.5, 0.6) is 0 Å². The summed E-state index contributed by atoms with van der Waals surface area (Å²) in [6, 6.07) is 7.82. The van der Waals surface area contributed by atoms with E-state index in [2.05, 4.69) is 10.5 Å². The van der Waals surface area contributed by atoms with Crippen LogP contribution < -0.4 is 11.1 Å². The van der Waals surface area contributed by atoms with Crippen molar-refractivity contribution in [2.24, 2.45) is 10.9 Å². The Labute approximate surface area is 125 Å². The van der Waals surface area contributed by atoms with Crippen molar-refractivity contribution in [2.45, 2.75) is 51.0 Å². The van der Waals surface area contributed by atoms with Gasteiger partial charge in [0.2, 0.25) is 5.91 Å². The summed E-state index contributed by atoms with van der Waals surface area (Å²) in [5.41, 5.74) is 7.24. The van der Waals surface area contributed by atoms with Gasteiger partial charge in [-0.3, -0.25) is 4.79 Å². The highest BCUT2D eigenvalue weighted by Gasteiger charge is 2.38. The van der Waals surface area contributed by atoms with Crippen molar-refractivity contribution in [1.29, 1.82) is 0 Å². The molecule has 0 unspecified atom stereocenters. The van der Waals surface area contributed by atoms with E-state index >= 15 is 0 Å². The zero-order valence-electron chi connectivity index (χ0n) is 12.4. The molecule has 1 amide bonds. The van der Waals surface area contributed by atoms with Gasteiger partial charge in [-0.15, -0.1) is 0 Å². The highest BCUT2D eigenvalue weighted by molar-refractivity contribution is 5.94. The van der Waals surface area contributed by atoms with E-state index in [1.165, 1.54) is 0 Å². The molecule has 0 radical (unpaired) electrons. The number of hydrogen-bond donors (Lipinski definition) is 3. The zero-order chi connectivity index (χ0) is 15.3. The lowest BCUT2D eigenvalue weighted by Gasteiger charge is -2.36. The number of rotatable bonds is 4. The summed E-state index contributed by atoms with van der Waals surface area (Å²) in [5, 5.41) is 15.2. The Hall–Kier alpha value is -2.04. The molecule has 2 rings (SSSR count). The second-order valence-corrected chi connectivity index (χ2v) is 5.78. The van der Waals surface area contributed by atoms with Crippen molar-refractivity contribution >= 4 is 11.7 Å². The normalized spacial score (nSPS) is 18.2. The number of carbonyl (C=O) groups excluding carboxylic acids is 1. The van der Waals surface area contributed by atoms with Crippen molar-refractivity contribution in [3.05, 3.63) is 35.4 Å². The van der Waals surface area contributed by atoms with Crippen LogP contribution in [0.3, 0.4) is 0 Å². The second kappa shape index (κ2) is 6.61. The number of carbonyl (C=O) groups is 1. The molecule has 0 atom stereocenters. The third-order valence-corrected chi connectivity index (χ3v) is 4.30. The molecule has 0 heterocycles. The molecule has 0 bridgehead atoms. The number of nitrogens with two attached hydrogens (primary N) is 1. The molecule has 1 fully saturated rings. The van der Waals surface area contributed by atoms with Gasteiger partial charge in [-0.1, -0.05) is 48.7 Å². The fourth-order valence-corrected chi connectivity index (χ4v) is 2.99. The van der Waals surface area contributed by atoms with E-state index in [1.807, 2.05) is 31.2 Å². The highest BCUT2D eigenvalue weighted by atomic mass is 16.4. The van der Waals surface area contributed by atoms with Gasteiger partial charge in [0.05, 0.1) is 6.42 Å². The maximum Gasteiger partial charge on any atom is 0.225 e. The predicted molar refractivity (Wildman–Crippen MR) is 82.3 cm³/mol. The molecule has 1 aromatic rings. The molecule has 5 heteroatoms. The minimum atomic E-state index is -0.688. The standard InChI is InChI=1S/C16H23N3O2/c1-12-7-3-4-8-13(12)11-14(20)18-16(15(17)19-21)9-5-2-6-10-16/h3-4,7-8,21H,2,5-6,9-11H2,1H3,(H2,17,19)(H,18,20). The summed E-state index contributed by atoms with van der Waals surface area (Å²) in [6.07, 6.45) is 4.83. The lowest BCUT2D eigenvalue weighted by molar-refractivity contribution is -0.122. The first-order valence-electron chi connectivity index (χ1n) is 7.41. The summed E-state index contributed by atoms with van der Waals surface area (Å²) in [6.45, 7) is 1.99. The van der Waals surface area contributed by atoms with E-state index in [4.69, 9.17) is 10.9 Å². The number of nitrogens with one attached hydrogen (secondary N) is 1. The maximum absolute atomic E-state index is 12.4. The van der Waals surface area contributed by atoms with Crippen molar-refractivity contribution in [3.63, 3.8) is 0 Å². The van der Waals surface area contributed by atoms with Crippen LogP contribution in [0, 0.1) is 6.92 Å². The molecule has 0 saturated heterocycles. The van der Waals surface area contributed by atoms with E-state index in [9.17, 15) is 4.79 Å². The third kappa shape index (κ3) is 3.54. The van der Waals surface area contributed by atoms with Gasteiger partial charge < -0.3 is 16.3 Å². The third-order valence-electron chi connectivity index (χ3n) is 4.30. The summed E-state index contributed by atoms with van der Waals surface area (Å²) in [5.74, 6) is 0.0260. The SMILES string of the molecule is Cc1ccccc1CC(=O)NC1(/C(N)=N/O)CCCCC1. The Balaban J connectivity index is 2.10. The average Bonchev–Trinajstić information content (AvgIpc) is 2.49. The lowest BCUT2D eigenvalue weighted by Crippen LogP contribution is -2.58. The summed E-state index contributed by atoms with van der Waals surface area (Å²) in [7, 11) is 0. The molecule has 4 N–H and O–H groups in total. The smallest absolute Gasteiger partial charge is 0.225 e. The van der Waals surface area contributed by atoms with E-state index in [0.29, 0.717) is 6.42 Å². The van der Waals surface area contributed by atoms with Crippen LogP contribution in [0.1, 0.15) is 43.2 Å². The molecule has 0 aromatic heterocycles. The van der Waals surface area contributed by atoms with Gasteiger partial charge in [0, 0.05) is 0 Å². The minimum Gasteiger partial charge on any atom is -0.409 e. The van der Waals surface area contributed by atoms with Crippen LogP contribution in [0.15, 0.2) is 29.4 Å². The summed E-state index contributed by atoms with van der Waals surface area (Å²) in [4.78, 5) is 12.4. The van der Waals surface area contributed by atoms with Gasteiger partial charge in [0.15, 0.2) is 5.84 Å². The van der Waals surface area contributed by atoms with Gasteiger partial charge in [0.25, 0.3) is 0 Å². The van der Waals surface area contributed by atoms with Crippen molar-refractivity contribution in [1.82, 2.24) is 5.32 Å². The topological polar surface area (TPSA) is 87.7 Å². The Morgan fingerprint density at radius 3 is 2.62 bits per heavy atom. The molecule has 1 saturated carbocycles. The molecular formula is C16H23N3O2. The predicted octanol–water partition coefficient (Wildman–Crippen LogP) is 2.10.